The van der Waals surface area contributed by atoms with Crippen LogP contribution < -0.4 is 10.7 Å². The van der Waals surface area contributed by atoms with Gasteiger partial charge in [0.05, 0.1) is 0 Å². The molecule has 1 aromatic heterocycles. The third kappa shape index (κ3) is 5.09. The van der Waals surface area contributed by atoms with Crippen LogP contribution in [0.1, 0.15) is 92.9 Å². The smallest absolute Gasteiger partial charge is 0.259 e. The molecule has 1 aliphatic heterocycles. The Labute approximate surface area is 173 Å². The van der Waals surface area contributed by atoms with E-state index in [9.17, 15) is 14.4 Å². The fraction of sp³-hybridized carbons (Fsp3) is 0.696. The number of rotatable bonds is 6. The fourth-order valence-electron chi connectivity index (χ4n) is 4.65. The number of hydrogen-bond donors (Lipinski definition) is 1. The van der Waals surface area contributed by atoms with Crippen molar-refractivity contribution >= 4 is 11.8 Å². The molecule has 1 aliphatic carbocycles. The SMILES string of the molecule is CCC1CCCCN1C(=O)c1cn(CC(C)C)cc(C(=O)NC2CCCC2)c1=O. The molecule has 2 heterocycles. The molecular formula is C23H35N3O3. The van der Waals surface area contributed by atoms with Gasteiger partial charge in [-0.3, -0.25) is 14.4 Å². The Kier molecular flexibility index (Phi) is 7.14. The number of amides is 2. The number of carbonyl (C=O) groups is 2. The number of nitrogens with zero attached hydrogens (tertiary/aromatic N) is 2. The van der Waals surface area contributed by atoms with Crippen molar-refractivity contribution in [1.29, 1.82) is 0 Å². The predicted octanol–water partition coefficient (Wildman–Crippen LogP) is 3.58. The Morgan fingerprint density at radius 3 is 2.38 bits per heavy atom. The summed E-state index contributed by atoms with van der Waals surface area (Å²) in [5.41, 5.74) is -0.218. The lowest BCUT2D eigenvalue weighted by Crippen LogP contribution is -2.46. The molecule has 0 aromatic carbocycles. The van der Waals surface area contributed by atoms with E-state index < -0.39 is 5.43 Å². The van der Waals surface area contributed by atoms with Crippen LogP contribution in [0.2, 0.25) is 0 Å². The van der Waals surface area contributed by atoms with Crippen LogP contribution in [0.25, 0.3) is 0 Å². The lowest BCUT2D eigenvalue weighted by Gasteiger charge is -2.35. The summed E-state index contributed by atoms with van der Waals surface area (Å²) >= 11 is 0. The van der Waals surface area contributed by atoms with Gasteiger partial charge < -0.3 is 14.8 Å². The van der Waals surface area contributed by atoms with Crippen LogP contribution in [-0.4, -0.2) is 39.9 Å². The molecule has 2 amide bonds. The van der Waals surface area contributed by atoms with Gasteiger partial charge >= 0.3 is 0 Å². The number of nitrogens with one attached hydrogen (secondary N) is 1. The molecule has 1 aromatic rings. The lowest BCUT2D eigenvalue weighted by atomic mass is 9.98. The van der Waals surface area contributed by atoms with E-state index in [4.69, 9.17) is 0 Å². The van der Waals surface area contributed by atoms with Gasteiger partial charge in [0.1, 0.15) is 11.1 Å². The summed E-state index contributed by atoms with van der Waals surface area (Å²) in [6.07, 6.45) is 11.3. The van der Waals surface area contributed by atoms with Crippen molar-refractivity contribution in [2.45, 2.75) is 90.8 Å². The first-order valence-electron chi connectivity index (χ1n) is 11.3. The molecule has 1 unspecified atom stereocenters. The summed E-state index contributed by atoms with van der Waals surface area (Å²) in [4.78, 5) is 41.2. The average molecular weight is 402 g/mol. The van der Waals surface area contributed by atoms with Gasteiger partial charge in [-0.05, 0) is 44.4 Å². The summed E-state index contributed by atoms with van der Waals surface area (Å²) in [5, 5.41) is 3.00. The first-order chi connectivity index (χ1) is 13.9. The van der Waals surface area contributed by atoms with Gasteiger partial charge in [0.25, 0.3) is 11.8 Å². The zero-order valence-corrected chi connectivity index (χ0v) is 18.1. The predicted molar refractivity (Wildman–Crippen MR) is 114 cm³/mol. The summed E-state index contributed by atoms with van der Waals surface area (Å²) < 4.78 is 1.84. The minimum absolute atomic E-state index is 0.0912. The molecule has 6 nitrogen and oxygen atoms in total. The zero-order valence-electron chi connectivity index (χ0n) is 18.1. The largest absolute Gasteiger partial charge is 0.352 e. The van der Waals surface area contributed by atoms with Crippen molar-refractivity contribution in [1.82, 2.24) is 14.8 Å². The van der Waals surface area contributed by atoms with E-state index in [1.807, 2.05) is 9.47 Å². The third-order valence-corrected chi connectivity index (χ3v) is 6.18. The Morgan fingerprint density at radius 1 is 1.07 bits per heavy atom. The van der Waals surface area contributed by atoms with Gasteiger partial charge in [0.2, 0.25) is 5.43 Å². The van der Waals surface area contributed by atoms with E-state index in [0.29, 0.717) is 19.0 Å². The standard InChI is InChI=1S/C23H35N3O3/c1-4-18-11-7-8-12-26(18)23(29)20-15-25(13-16(2)3)14-19(21(20)27)22(28)24-17-9-5-6-10-17/h14-18H,4-13H2,1-3H3,(H,24,28). The first-order valence-corrected chi connectivity index (χ1v) is 11.3. The Morgan fingerprint density at radius 2 is 1.72 bits per heavy atom. The molecule has 160 valence electrons. The molecule has 3 rings (SSSR count). The van der Waals surface area contributed by atoms with Gasteiger partial charge in [-0.15, -0.1) is 0 Å². The molecule has 1 N–H and O–H groups in total. The van der Waals surface area contributed by atoms with Crippen LogP contribution in [0.15, 0.2) is 17.2 Å². The maximum Gasteiger partial charge on any atom is 0.259 e. The monoisotopic (exact) mass is 401 g/mol. The second kappa shape index (κ2) is 9.59. The van der Waals surface area contributed by atoms with Gasteiger partial charge in [-0.2, -0.15) is 0 Å². The number of likely N-dealkylation sites (tertiary alicyclic amines) is 1. The van der Waals surface area contributed by atoms with Crippen molar-refractivity contribution in [3.05, 3.63) is 33.7 Å². The number of pyridine rings is 1. The number of carbonyl (C=O) groups excluding carboxylic acids is 2. The molecule has 1 saturated heterocycles. The molecule has 0 spiro atoms. The Bertz CT molecular complexity index is 793. The minimum atomic E-state index is -0.439. The summed E-state index contributed by atoms with van der Waals surface area (Å²) in [6.45, 7) is 7.57. The molecule has 29 heavy (non-hydrogen) atoms. The molecule has 0 radical (unpaired) electrons. The molecule has 6 heteroatoms. The van der Waals surface area contributed by atoms with Crippen molar-refractivity contribution in [2.75, 3.05) is 6.54 Å². The zero-order chi connectivity index (χ0) is 21.0. The van der Waals surface area contributed by atoms with Crippen molar-refractivity contribution in [3.63, 3.8) is 0 Å². The minimum Gasteiger partial charge on any atom is -0.352 e. The molecule has 1 saturated carbocycles. The van der Waals surface area contributed by atoms with Gasteiger partial charge in [-0.25, -0.2) is 0 Å². The molecule has 2 fully saturated rings. The van der Waals surface area contributed by atoms with E-state index in [2.05, 4.69) is 26.1 Å². The molecule has 2 aliphatic rings. The topological polar surface area (TPSA) is 71.4 Å². The Balaban J connectivity index is 1.95. The van der Waals surface area contributed by atoms with Gasteiger partial charge in [0.15, 0.2) is 0 Å². The second-order valence-corrected chi connectivity index (χ2v) is 9.02. The van der Waals surface area contributed by atoms with E-state index in [0.717, 1.165) is 51.4 Å². The Hall–Kier alpha value is -2.11. The van der Waals surface area contributed by atoms with Crippen LogP contribution in [0.4, 0.5) is 0 Å². The van der Waals surface area contributed by atoms with Crippen molar-refractivity contribution in [2.24, 2.45) is 5.92 Å². The van der Waals surface area contributed by atoms with Gasteiger partial charge in [-0.1, -0.05) is 33.6 Å². The highest BCUT2D eigenvalue weighted by atomic mass is 16.2. The van der Waals surface area contributed by atoms with Crippen LogP contribution in [0.5, 0.6) is 0 Å². The fourth-order valence-corrected chi connectivity index (χ4v) is 4.65. The third-order valence-electron chi connectivity index (χ3n) is 6.18. The molecule has 1 atom stereocenters. The van der Waals surface area contributed by atoms with E-state index >= 15 is 0 Å². The van der Waals surface area contributed by atoms with Crippen molar-refractivity contribution < 1.29 is 9.59 Å². The molecular weight excluding hydrogens is 366 g/mol. The summed E-state index contributed by atoms with van der Waals surface area (Å²) in [5.74, 6) is -0.237. The first kappa shape index (κ1) is 21.6. The summed E-state index contributed by atoms with van der Waals surface area (Å²) in [6, 6.07) is 0.302. The quantitative estimate of drug-likeness (QED) is 0.792. The highest BCUT2D eigenvalue weighted by Crippen LogP contribution is 2.22. The maximum absolute atomic E-state index is 13.3. The van der Waals surface area contributed by atoms with Gasteiger partial charge in [0, 0.05) is 37.6 Å². The molecule has 0 bridgehead atoms. The van der Waals surface area contributed by atoms with Crippen molar-refractivity contribution in [3.8, 4) is 0 Å². The highest BCUT2D eigenvalue weighted by molar-refractivity contribution is 5.99. The maximum atomic E-state index is 13.3. The lowest BCUT2D eigenvalue weighted by molar-refractivity contribution is 0.0605. The average Bonchev–Trinajstić information content (AvgIpc) is 3.21. The van der Waals surface area contributed by atoms with E-state index in [1.54, 1.807) is 12.4 Å². The number of aromatic nitrogens is 1. The number of hydrogen-bond acceptors (Lipinski definition) is 3. The van der Waals surface area contributed by atoms with Crippen LogP contribution >= 0.6 is 0 Å². The number of piperidine rings is 1. The normalized spacial score (nSPS) is 20.3. The van der Waals surface area contributed by atoms with Crippen LogP contribution in [0.3, 0.4) is 0 Å². The van der Waals surface area contributed by atoms with Crippen LogP contribution in [0, 0.1) is 5.92 Å². The summed E-state index contributed by atoms with van der Waals surface area (Å²) in [7, 11) is 0. The van der Waals surface area contributed by atoms with E-state index in [-0.39, 0.29) is 35.0 Å². The highest BCUT2D eigenvalue weighted by Gasteiger charge is 2.30. The van der Waals surface area contributed by atoms with E-state index in [1.165, 1.54) is 0 Å². The second-order valence-electron chi connectivity index (χ2n) is 9.02. The van der Waals surface area contributed by atoms with Crippen LogP contribution in [-0.2, 0) is 6.54 Å².